The number of hydrogen-bond donors (Lipinski definition) is 0. The highest BCUT2D eigenvalue weighted by molar-refractivity contribution is 6.09. The molecule has 0 amide bonds. The normalized spacial score (nSPS) is 10.2. The summed E-state index contributed by atoms with van der Waals surface area (Å²) in [6.07, 6.45) is 0. The van der Waals surface area contributed by atoms with E-state index in [4.69, 9.17) is 4.74 Å². The van der Waals surface area contributed by atoms with Crippen LogP contribution >= 0.6 is 0 Å². The van der Waals surface area contributed by atoms with Crippen molar-refractivity contribution in [2.45, 2.75) is 20.5 Å². The molecule has 3 nitrogen and oxygen atoms in total. The Morgan fingerprint density at radius 2 is 1.52 bits per heavy atom. The van der Waals surface area contributed by atoms with Crippen molar-refractivity contribution in [3.63, 3.8) is 0 Å². The molecule has 3 rings (SSSR count). The van der Waals surface area contributed by atoms with Crippen molar-refractivity contribution in [3.05, 3.63) is 106 Å². The summed E-state index contributed by atoms with van der Waals surface area (Å²) in [5.74, 6) is 0.870. The molecule has 0 heterocycles. The van der Waals surface area contributed by atoms with Gasteiger partial charge in [-0.1, -0.05) is 36.4 Å². The molecular formula is C22H20N2O. The van der Waals surface area contributed by atoms with Crippen LogP contribution in [0.4, 0.5) is 0 Å². The van der Waals surface area contributed by atoms with Crippen molar-refractivity contribution in [1.29, 1.82) is 0 Å². The second-order valence-corrected chi connectivity index (χ2v) is 6.05. The van der Waals surface area contributed by atoms with E-state index in [9.17, 15) is 5.53 Å². The molecule has 0 bridgehead atoms. The van der Waals surface area contributed by atoms with E-state index in [0.29, 0.717) is 12.3 Å². The number of hydrogen-bond acceptors (Lipinski definition) is 1. The third kappa shape index (κ3) is 4.03. The third-order valence-electron chi connectivity index (χ3n) is 4.26. The van der Waals surface area contributed by atoms with Gasteiger partial charge in [0, 0.05) is 0 Å². The van der Waals surface area contributed by atoms with Gasteiger partial charge in [-0.2, -0.15) is 4.79 Å². The number of ether oxygens (including phenoxy) is 1. The van der Waals surface area contributed by atoms with Crippen molar-refractivity contribution in [1.82, 2.24) is 0 Å². The van der Waals surface area contributed by atoms with Crippen LogP contribution in [0.5, 0.6) is 5.75 Å². The van der Waals surface area contributed by atoms with E-state index in [1.807, 2.05) is 60.7 Å². The molecule has 25 heavy (non-hydrogen) atoms. The van der Waals surface area contributed by atoms with Crippen LogP contribution in [-0.4, -0.2) is 10.5 Å². The average molecular weight is 328 g/mol. The zero-order valence-electron chi connectivity index (χ0n) is 14.4. The Bertz CT molecular complexity index is 909. The second kappa shape index (κ2) is 7.61. The van der Waals surface area contributed by atoms with Crippen LogP contribution in [0, 0.1) is 13.8 Å². The molecule has 0 fully saturated rings. The maximum Gasteiger partial charge on any atom is 0.329 e. The van der Waals surface area contributed by atoms with Crippen molar-refractivity contribution in [3.8, 4) is 5.75 Å². The quantitative estimate of drug-likeness (QED) is 0.371. The molecule has 0 N–H and O–H groups in total. The number of nitrogens with zero attached hydrogens (tertiary/aromatic N) is 2. The molecule has 3 aromatic carbocycles. The monoisotopic (exact) mass is 328 g/mol. The topological polar surface area (TPSA) is 45.6 Å². The predicted molar refractivity (Wildman–Crippen MR) is 100.0 cm³/mol. The lowest BCUT2D eigenvalue weighted by Gasteiger charge is -2.08. The Hall–Kier alpha value is -3.16. The maximum absolute atomic E-state index is 9.37. The van der Waals surface area contributed by atoms with Gasteiger partial charge in [0.15, 0.2) is 0 Å². The van der Waals surface area contributed by atoms with Gasteiger partial charge in [-0.05, 0) is 66.9 Å². The SMILES string of the molecule is Cc1ccc(OCc2ccc(C(=[N+]=[N-])c3ccccc3)cc2)cc1C. The standard InChI is InChI=1S/C22H20N2O/c1-16-8-13-21(14-17(16)2)25-15-18-9-11-20(12-10-18)22(24-23)19-6-4-3-5-7-19/h3-14H,15H2,1-2H3. The highest BCUT2D eigenvalue weighted by atomic mass is 16.5. The molecule has 0 spiro atoms. The molecule has 0 aromatic heterocycles. The van der Waals surface area contributed by atoms with Gasteiger partial charge in [-0.3, -0.25) is 0 Å². The fraction of sp³-hybridized carbons (Fsp3) is 0.136. The summed E-state index contributed by atoms with van der Waals surface area (Å²) in [6.45, 7) is 4.67. The highest BCUT2D eigenvalue weighted by Crippen LogP contribution is 2.18. The van der Waals surface area contributed by atoms with E-state index >= 15 is 0 Å². The lowest BCUT2D eigenvalue weighted by molar-refractivity contribution is -0.00279. The predicted octanol–water partition coefficient (Wildman–Crippen LogP) is 4.95. The van der Waals surface area contributed by atoms with Crippen LogP contribution in [0.1, 0.15) is 27.8 Å². The highest BCUT2D eigenvalue weighted by Gasteiger charge is 2.14. The zero-order valence-corrected chi connectivity index (χ0v) is 14.4. The van der Waals surface area contributed by atoms with Gasteiger partial charge >= 0.3 is 5.71 Å². The molecule has 0 aliphatic rings. The molecule has 0 radical (unpaired) electrons. The van der Waals surface area contributed by atoms with Gasteiger partial charge in [-0.25, -0.2) is 0 Å². The molecule has 3 aromatic rings. The van der Waals surface area contributed by atoms with E-state index in [1.54, 1.807) is 0 Å². The van der Waals surface area contributed by atoms with E-state index in [0.717, 1.165) is 22.4 Å². The van der Waals surface area contributed by atoms with Gasteiger partial charge in [-0.15, -0.1) is 0 Å². The van der Waals surface area contributed by atoms with Crippen LogP contribution in [0.15, 0.2) is 72.8 Å². The van der Waals surface area contributed by atoms with Crippen LogP contribution in [0.3, 0.4) is 0 Å². The third-order valence-corrected chi connectivity index (χ3v) is 4.26. The van der Waals surface area contributed by atoms with Gasteiger partial charge in [0.1, 0.15) is 12.4 Å². The Morgan fingerprint density at radius 1 is 0.840 bits per heavy atom. The first-order chi connectivity index (χ1) is 12.2. The van der Waals surface area contributed by atoms with Gasteiger partial charge in [0.2, 0.25) is 0 Å². The zero-order chi connectivity index (χ0) is 17.6. The van der Waals surface area contributed by atoms with Crippen molar-refractivity contribution in [2.75, 3.05) is 0 Å². The Kier molecular flexibility index (Phi) is 5.08. The van der Waals surface area contributed by atoms with Crippen molar-refractivity contribution < 1.29 is 9.53 Å². The molecule has 0 aliphatic carbocycles. The minimum Gasteiger partial charge on any atom is -0.489 e. The molecular weight excluding hydrogens is 308 g/mol. The molecule has 0 saturated carbocycles. The van der Waals surface area contributed by atoms with Crippen LogP contribution < -0.4 is 4.74 Å². The summed E-state index contributed by atoms with van der Waals surface area (Å²) in [6, 6.07) is 23.6. The van der Waals surface area contributed by atoms with E-state index in [1.165, 1.54) is 11.1 Å². The largest absolute Gasteiger partial charge is 0.489 e. The molecule has 3 heteroatoms. The number of aryl methyl sites for hydroxylation is 2. The summed E-state index contributed by atoms with van der Waals surface area (Å²) in [5.41, 5.74) is 15.2. The van der Waals surface area contributed by atoms with Crippen molar-refractivity contribution in [2.24, 2.45) is 0 Å². The van der Waals surface area contributed by atoms with Crippen molar-refractivity contribution >= 4 is 5.71 Å². The lowest BCUT2D eigenvalue weighted by atomic mass is 10.0. The number of rotatable bonds is 5. The minimum atomic E-state index is 0.500. The van der Waals surface area contributed by atoms with E-state index in [2.05, 4.69) is 30.8 Å². The fourth-order valence-corrected chi connectivity index (χ4v) is 2.61. The van der Waals surface area contributed by atoms with Gasteiger partial charge < -0.3 is 10.3 Å². The first-order valence-electron chi connectivity index (χ1n) is 8.24. The average Bonchev–Trinajstić information content (AvgIpc) is 2.65. The Morgan fingerprint density at radius 3 is 2.16 bits per heavy atom. The summed E-state index contributed by atoms with van der Waals surface area (Å²) in [7, 11) is 0. The molecule has 0 atom stereocenters. The van der Waals surface area contributed by atoms with Crippen LogP contribution in [-0.2, 0) is 6.61 Å². The first kappa shape index (κ1) is 16.7. The van der Waals surface area contributed by atoms with E-state index < -0.39 is 0 Å². The van der Waals surface area contributed by atoms with Gasteiger partial charge in [0.05, 0.1) is 11.1 Å². The second-order valence-electron chi connectivity index (χ2n) is 6.05. The molecule has 0 aliphatic heterocycles. The van der Waals surface area contributed by atoms with Crippen LogP contribution in [0.2, 0.25) is 0 Å². The van der Waals surface area contributed by atoms with Gasteiger partial charge in [0.25, 0.3) is 0 Å². The van der Waals surface area contributed by atoms with E-state index in [-0.39, 0.29) is 0 Å². The summed E-state index contributed by atoms with van der Waals surface area (Å²) >= 11 is 0. The van der Waals surface area contributed by atoms with Crippen LogP contribution in [0.25, 0.3) is 5.53 Å². The summed E-state index contributed by atoms with van der Waals surface area (Å²) in [5, 5.41) is 0. The maximum atomic E-state index is 9.37. The summed E-state index contributed by atoms with van der Waals surface area (Å²) in [4.78, 5) is 3.46. The Labute approximate surface area is 148 Å². The Balaban J connectivity index is 1.71. The molecule has 124 valence electrons. The summed E-state index contributed by atoms with van der Waals surface area (Å²) < 4.78 is 5.86. The lowest BCUT2D eigenvalue weighted by Crippen LogP contribution is -2.05. The first-order valence-corrected chi connectivity index (χ1v) is 8.24. The minimum absolute atomic E-state index is 0.500. The smallest absolute Gasteiger partial charge is 0.329 e. The molecule has 0 unspecified atom stereocenters. The molecule has 0 saturated heterocycles. The number of benzene rings is 3. The fourth-order valence-electron chi connectivity index (χ4n) is 2.61.